The normalized spacial score (nSPS) is 18.3. The van der Waals surface area contributed by atoms with Gasteiger partial charge in [0.25, 0.3) is 5.56 Å². The molecule has 7 heteroatoms. The smallest absolute Gasteiger partial charge is 0.261 e. The third-order valence-electron chi connectivity index (χ3n) is 6.70. The monoisotopic (exact) mass is 417 g/mol. The first kappa shape index (κ1) is 18.7. The van der Waals surface area contributed by atoms with Crippen LogP contribution in [-0.2, 0) is 0 Å². The molecule has 0 N–H and O–H groups in total. The van der Waals surface area contributed by atoms with Crippen molar-refractivity contribution < 1.29 is 4.39 Å². The van der Waals surface area contributed by atoms with Crippen molar-refractivity contribution in [3.8, 4) is 11.1 Å². The van der Waals surface area contributed by atoms with Crippen LogP contribution in [0.25, 0.3) is 27.7 Å². The number of rotatable bonds is 3. The molecule has 0 atom stereocenters. The third-order valence-corrected chi connectivity index (χ3v) is 6.70. The molecule has 1 saturated heterocycles. The van der Waals surface area contributed by atoms with Crippen LogP contribution in [0.4, 0.5) is 4.39 Å². The number of benzene rings is 1. The number of hydrogen-bond donors (Lipinski definition) is 0. The molecular weight excluding hydrogens is 393 g/mol. The number of halogens is 1. The molecule has 0 spiro atoms. The maximum Gasteiger partial charge on any atom is 0.261 e. The summed E-state index contributed by atoms with van der Waals surface area (Å²) in [5.41, 5.74) is 3.27. The Bertz CT molecular complexity index is 1360. The van der Waals surface area contributed by atoms with Gasteiger partial charge in [0.2, 0.25) is 0 Å². The largest absolute Gasteiger partial charge is 0.304 e. The van der Waals surface area contributed by atoms with E-state index in [1.54, 1.807) is 16.9 Å². The molecule has 1 aliphatic heterocycles. The first-order chi connectivity index (χ1) is 15.1. The van der Waals surface area contributed by atoms with Gasteiger partial charge in [-0.15, -0.1) is 0 Å². The average molecular weight is 417 g/mol. The van der Waals surface area contributed by atoms with Crippen LogP contribution in [0.3, 0.4) is 0 Å². The van der Waals surface area contributed by atoms with Gasteiger partial charge in [0.1, 0.15) is 0 Å². The van der Waals surface area contributed by atoms with Crippen LogP contribution in [0.1, 0.15) is 37.4 Å². The zero-order chi connectivity index (χ0) is 21.1. The Morgan fingerprint density at radius 3 is 2.58 bits per heavy atom. The highest BCUT2D eigenvalue weighted by Crippen LogP contribution is 2.32. The van der Waals surface area contributed by atoms with Crippen molar-refractivity contribution >= 4 is 16.6 Å². The molecule has 1 aromatic carbocycles. The van der Waals surface area contributed by atoms with Gasteiger partial charge in [0, 0.05) is 43.1 Å². The number of aromatic nitrogens is 4. The average Bonchev–Trinajstić information content (AvgIpc) is 3.55. The molecule has 158 valence electrons. The summed E-state index contributed by atoms with van der Waals surface area (Å²) in [5.74, 6) is -0.369. The van der Waals surface area contributed by atoms with E-state index in [0.717, 1.165) is 48.8 Å². The highest BCUT2D eigenvalue weighted by atomic mass is 19.1. The van der Waals surface area contributed by atoms with Gasteiger partial charge in [-0.3, -0.25) is 9.36 Å². The van der Waals surface area contributed by atoms with E-state index in [-0.39, 0.29) is 17.4 Å². The van der Waals surface area contributed by atoms with Crippen LogP contribution >= 0.6 is 0 Å². The van der Waals surface area contributed by atoms with E-state index in [1.807, 2.05) is 35.9 Å². The van der Waals surface area contributed by atoms with Crippen molar-refractivity contribution in [2.45, 2.75) is 44.7 Å². The minimum Gasteiger partial charge on any atom is -0.304 e. The molecule has 0 radical (unpaired) electrons. The van der Waals surface area contributed by atoms with Crippen LogP contribution in [0.15, 0.2) is 47.8 Å². The lowest BCUT2D eigenvalue weighted by Crippen LogP contribution is -2.38. The van der Waals surface area contributed by atoms with Gasteiger partial charge in [0.15, 0.2) is 11.5 Å². The summed E-state index contributed by atoms with van der Waals surface area (Å²) in [4.78, 5) is 24.5. The van der Waals surface area contributed by atoms with E-state index in [2.05, 4.69) is 14.9 Å². The Kier molecular flexibility index (Phi) is 4.21. The summed E-state index contributed by atoms with van der Waals surface area (Å²) in [7, 11) is 0. The highest BCUT2D eigenvalue weighted by Gasteiger charge is 2.32. The predicted molar refractivity (Wildman–Crippen MR) is 118 cm³/mol. The van der Waals surface area contributed by atoms with Crippen LogP contribution < -0.4 is 5.56 Å². The molecule has 4 heterocycles. The minimum absolute atomic E-state index is 0.00767. The molecule has 2 aliphatic rings. The van der Waals surface area contributed by atoms with E-state index >= 15 is 0 Å². The van der Waals surface area contributed by atoms with Crippen molar-refractivity contribution in [1.82, 2.24) is 23.8 Å². The molecule has 1 saturated carbocycles. The SMILES string of the molecule is Cc1cn2cc(-c3ccc4c(=O)n(C5CCN(C6CC6)CC5)cnc4c3)cc(F)c2n1. The molecule has 0 amide bonds. The van der Waals surface area contributed by atoms with E-state index < -0.39 is 0 Å². The summed E-state index contributed by atoms with van der Waals surface area (Å²) in [5, 5.41) is 0.607. The summed E-state index contributed by atoms with van der Waals surface area (Å²) in [6.07, 6.45) is 9.97. The lowest BCUT2D eigenvalue weighted by atomic mass is 10.0. The third kappa shape index (κ3) is 3.24. The number of likely N-dealkylation sites (tertiary alicyclic amines) is 1. The standard InChI is InChI=1S/C24H24FN5O/c1-15-12-29-13-17(10-21(25)23(29)27-15)16-2-5-20-22(11-16)26-14-30(24(20)31)19-6-8-28(9-7-19)18-3-4-18/h2,5,10-14,18-19H,3-4,6-9H2,1H3. The zero-order valence-corrected chi connectivity index (χ0v) is 17.5. The van der Waals surface area contributed by atoms with Crippen molar-refractivity contribution in [2.24, 2.45) is 0 Å². The predicted octanol–water partition coefficient (Wildman–Crippen LogP) is 3.96. The molecular formula is C24H24FN5O. The van der Waals surface area contributed by atoms with Crippen LogP contribution in [-0.4, -0.2) is 43.0 Å². The summed E-state index contributed by atoms with van der Waals surface area (Å²) >= 11 is 0. The number of pyridine rings is 1. The first-order valence-electron chi connectivity index (χ1n) is 11.0. The van der Waals surface area contributed by atoms with E-state index in [4.69, 9.17) is 0 Å². The van der Waals surface area contributed by atoms with Gasteiger partial charge in [-0.2, -0.15) is 0 Å². The van der Waals surface area contributed by atoms with Crippen molar-refractivity contribution in [2.75, 3.05) is 13.1 Å². The minimum atomic E-state index is -0.369. The Morgan fingerprint density at radius 2 is 1.81 bits per heavy atom. The summed E-state index contributed by atoms with van der Waals surface area (Å²) in [6, 6.07) is 8.02. The van der Waals surface area contributed by atoms with E-state index in [0.29, 0.717) is 16.6 Å². The Hall–Kier alpha value is -3.06. The summed E-state index contributed by atoms with van der Waals surface area (Å²) < 4.78 is 18.0. The van der Waals surface area contributed by atoms with Crippen LogP contribution in [0.2, 0.25) is 0 Å². The molecule has 6 rings (SSSR count). The maximum absolute atomic E-state index is 14.5. The Morgan fingerprint density at radius 1 is 1.00 bits per heavy atom. The van der Waals surface area contributed by atoms with Crippen molar-refractivity contribution in [1.29, 1.82) is 0 Å². The molecule has 0 bridgehead atoms. The molecule has 1 aliphatic carbocycles. The molecule has 0 unspecified atom stereocenters. The van der Waals surface area contributed by atoms with Gasteiger partial charge in [0.05, 0.1) is 22.9 Å². The zero-order valence-electron chi connectivity index (χ0n) is 17.5. The molecule has 3 aromatic heterocycles. The first-order valence-corrected chi connectivity index (χ1v) is 11.0. The quantitative estimate of drug-likeness (QED) is 0.506. The van der Waals surface area contributed by atoms with Gasteiger partial charge in [-0.1, -0.05) is 6.07 Å². The number of imidazole rings is 1. The van der Waals surface area contributed by atoms with Crippen molar-refractivity contribution in [3.05, 3.63) is 64.9 Å². The van der Waals surface area contributed by atoms with Crippen LogP contribution in [0, 0.1) is 12.7 Å². The number of hydrogen-bond acceptors (Lipinski definition) is 4. The van der Waals surface area contributed by atoms with E-state index in [9.17, 15) is 9.18 Å². The molecule has 6 nitrogen and oxygen atoms in total. The fourth-order valence-electron chi connectivity index (χ4n) is 4.88. The lowest BCUT2D eigenvalue weighted by Gasteiger charge is -2.32. The maximum atomic E-state index is 14.5. The lowest BCUT2D eigenvalue weighted by molar-refractivity contribution is 0.176. The second-order valence-electron chi connectivity index (χ2n) is 8.88. The van der Waals surface area contributed by atoms with Gasteiger partial charge in [-0.05, 0) is 56.4 Å². The number of aryl methyl sites for hydroxylation is 1. The second kappa shape index (κ2) is 6.99. The van der Waals surface area contributed by atoms with Gasteiger partial charge >= 0.3 is 0 Å². The highest BCUT2D eigenvalue weighted by molar-refractivity contribution is 5.83. The number of fused-ring (bicyclic) bond motifs is 2. The number of nitrogens with zero attached hydrogens (tertiary/aromatic N) is 5. The Balaban J connectivity index is 1.34. The summed E-state index contributed by atoms with van der Waals surface area (Å²) in [6.45, 7) is 3.95. The molecule has 4 aromatic rings. The molecule has 2 fully saturated rings. The second-order valence-corrected chi connectivity index (χ2v) is 8.88. The van der Waals surface area contributed by atoms with E-state index in [1.165, 1.54) is 18.9 Å². The van der Waals surface area contributed by atoms with Crippen LogP contribution in [0.5, 0.6) is 0 Å². The Labute approximate surface area is 179 Å². The fourth-order valence-corrected chi connectivity index (χ4v) is 4.88. The van der Waals surface area contributed by atoms with Gasteiger partial charge in [-0.25, -0.2) is 14.4 Å². The topological polar surface area (TPSA) is 55.4 Å². The number of piperidine rings is 1. The fraction of sp³-hybridized carbons (Fsp3) is 0.375. The van der Waals surface area contributed by atoms with Crippen molar-refractivity contribution in [3.63, 3.8) is 0 Å². The van der Waals surface area contributed by atoms with Gasteiger partial charge < -0.3 is 9.30 Å². The molecule has 31 heavy (non-hydrogen) atoms.